The minimum Gasteiger partial charge on any atom is -0.355 e. The lowest BCUT2D eigenvalue weighted by atomic mass is 9.93. The summed E-state index contributed by atoms with van der Waals surface area (Å²) in [5, 5.41) is 3.47. The van der Waals surface area contributed by atoms with E-state index in [2.05, 4.69) is 48.3 Å². The van der Waals surface area contributed by atoms with Crippen molar-refractivity contribution in [3.8, 4) is 0 Å². The van der Waals surface area contributed by atoms with Crippen molar-refractivity contribution >= 4 is 29.7 Å². The quantitative estimate of drug-likeness (QED) is 0.473. The lowest BCUT2D eigenvalue weighted by Crippen LogP contribution is -2.54. The van der Waals surface area contributed by atoms with Gasteiger partial charge in [-0.3, -0.25) is 9.59 Å². The molecule has 4 rings (SSSR count). The number of thioether (sulfide) groups is 1. The summed E-state index contributed by atoms with van der Waals surface area (Å²) in [6.45, 7) is 8.63. The highest BCUT2D eigenvalue weighted by molar-refractivity contribution is 8.04. The highest BCUT2D eigenvalue weighted by Gasteiger charge is 2.41. The number of carbonyl (C=O) groups is 2. The molecule has 1 aliphatic carbocycles. The molecule has 5 nitrogen and oxygen atoms in total. The largest absolute Gasteiger partial charge is 0.355 e. The number of rotatable bonds is 7. The van der Waals surface area contributed by atoms with Gasteiger partial charge < -0.3 is 15.1 Å². The fourth-order valence-corrected chi connectivity index (χ4v) is 6.88. The van der Waals surface area contributed by atoms with E-state index in [1.807, 2.05) is 11.0 Å². The first-order valence-corrected chi connectivity index (χ1v) is 13.6. The predicted octanol–water partition coefficient (Wildman–Crippen LogP) is 4.46. The van der Waals surface area contributed by atoms with Gasteiger partial charge in [0, 0.05) is 24.4 Å². The van der Waals surface area contributed by atoms with Crippen LogP contribution in [0.2, 0.25) is 0 Å². The average Bonchev–Trinajstić information content (AvgIpc) is 2.81. The first kappa shape index (κ1) is 24.3. The number of fused-ring (bicyclic) bond motifs is 1. The molecule has 2 aliphatic heterocycles. The summed E-state index contributed by atoms with van der Waals surface area (Å²) in [5.74, 6) is 0.768. The van der Waals surface area contributed by atoms with Crippen molar-refractivity contribution in [2.24, 2.45) is 5.92 Å². The van der Waals surface area contributed by atoms with Crippen LogP contribution in [-0.4, -0.2) is 65.6 Å². The molecule has 0 bridgehead atoms. The second-order valence-corrected chi connectivity index (χ2v) is 11.4. The highest BCUT2D eigenvalue weighted by atomic mass is 32.2. The van der Waals surface area contributed by atoms with Crippen LogP contribution in [0.15, 0.2) is 29.2 Å². The number of benzene rings is 1. The SMILES string of the molecule is Cc1ccc(/C=C2/SC3CCCCC3N(CC(=O)NCCCN3CCCC(C)C3)C2=O)cc1. The van der Waals surface area contributed by atoms with E-state index in [9.17, 15) is 9.59 Å². The van der Waals surface area contributed by atoms with Gasteiger partial charge in [-0.05, 0) is 69.7 Å². The molecular weight excluding hydrogens is 430 g/mol. The molecule has 1 N–H and O–H groups in total. The van der Waals surface area contributed by atoms with E-state index >= 15 is 0 Å². The van der Waals surface area contributed by atoms with Gasteiger partial charge in [0.25, 0.3) is 5.91 Å². The van der Waals surface area contributed by atoms with E-state index in [1.165, 1.54) is 37.9 Å². The Kier molecular flexibility index (Phi) is 8.53. The molecule has 0 spiro atoms. The Hall–Kier alpha value is -1.79. The van der Waals surface area contributed by atoms with E-state index in [-0.39, 0.29) is 24.4 Å². The van der Waals surface area contributed by atoms with E-state index in [0.717, 1.165) is 48.6 Å². The molecule has 2 saturated heterocycles. The molecule has 6 heteroatoms. The molecule has 1 aromatic rings. The maximum Gasteiger partial charge on any atom is 0.261 e. The van der Waals surface area contributed by atoms with Gasteiger partial charge >= 0.3 is 0 Å². The summed E-state index contributed by atoms with van der Waals surface area (Å²) in [5.41, 5.74) is 2.25. The van der Waals surface area contributed by atoms with E-state index in [4.69, 9.17) is 0 Å². The Morgan fingerprint density at radius 2 is 1.94 bits per heavy atom. The molecule has 1 saturated carbocycles. The van der Waals surface area contributed by atoms with Crippen LogP contribution in [-0.2, 0) is 9.59 Å². The molecular formula is C27H39N3O2S. The van der Waals surface area contributed by atoms with Crippen LogP contribution in [0.25, 0.3) is 6.08 Å². The molecule has 2 heterocycles. The number of hydrogen-bond donors (Lipinski definition) is 1. The molecule has 33 heavy (non-hydrogen) atoms. The highest BCUT2D eigenvalue weighted by Crippen LogP contribution is 2.42. The van der Waals surface area contributed by atoms with Crippen molar-refractivity contribution in [1.82, 2.24) is 15.1 Å². The second kappa shape index (κ2) is 11.6. The number of carbonyl (C=O) groups excluding carboxylic acids is 2. The molecule has 1 aromatic carbocycles. The molecule has 0 aromatic heterocycles. The van der Waals surface area contributed by atoms with E-state index < -0.39 is 0 Å². The standard InChI is InChI=1S/C27H39N3O2S/c1-20-10-12-22(13-11-20)17-25-27(32)30(23-8-3-4-9-24(23)33-25)19-26(31)28-14-6-16-29-15-5-7-21(2)18-29/h10-13,17,21,23-24H,3-9,14-16,18-19H2,1-2H3,(H,28,31)/b25-17+. The number of amides is 2. The molecule has 2 amide bonds. The summed E-state index contributed by atoms with van der Waals surface area (Å²) in [6.07, 6.45) is 10.0. The Balaban J connectivity index is 1.34. The van der Waals surface area contributed by atoms with E-state index in [1.54, 1.807) is 11.8 Å². The maximum atomic E-state index is 13.4. The van der Waals surface area contributed by atoms with Crippen molar-refractivity contribution in [2.45, 2.75) is 70.1 Å². The number of hydrogen-bond acceptors (Lipinski definition) is 4. The molecule has 0 radical (unpaired) electrons. The topological polar surface area (TPSA) is 52.7 Å². The summed E-state index contributed by atoms with van der Waals surface area (Å²) in [7, 11) is 0. The predicted molar refractivity (Wildman–Crippen MR) is 137 cm³/mol. The molecule has 180 valence electrons. The smallest absolute Gasteiger partial charge is 0.261 e. The fourth-order valence-electron chi connectivity index (χ4n) is 5.41. The number of nitrogens with one attached hydrogen (secondary N) is 1. The van der Waals surface area contributed by atoms with Gasteiger partial charge in [-0.25, -0.2) is 0 Å². The zero-order chi connectivity index (χ0) is 23.2. The van der Waals surface area contributed by atoms with Gasteiger partial charge in [0.2, 0.25) is 5.91 Å². The Morgan fingerprint density at radius 3 is 2.73 bits per heavy atom. The van der Waals surface area contributed by atoms with Crippen LogP contribution >= 0.6 is 11.8 Å². The number of nitrogens with zero attached hydrogens (tertiary/aromatic N) is 2. The minimum absolute atomic E-state index is 0.0150. The van der Waals surface area contributed by atoms with Crippen LogP contribution in [0.4, 0.5) is 0 Å². The van der Waals surface area contributed by atoms with Gasteiger partial charge in [-0.15, -0.1) is 11.8 Å². The Morgan fingerprint density at radius 1 is 1.15 bits per heavy atom. The molecule has 3 aliphatic rings. The van der Waals surface area contributed by atoms with Crippen LogP contribution in [0, 0.1) is 12.8 Å². The van der Waals surface area contributed by atoms with Gasteiger partial charge in [0.15, 0.2) is 0 Å². The molecule has 3 unspecified atom stereocenters. The van der Waals surface area contributed by atoms with Crippen LogP contribution < -0.4 is 5.32 Å². The molecule has 3 fully saturated rings. The first-order chi connectivity index (χ1) is 16.0. The van der Waals surface area contributed by atoms with Gasteiger partial charge in [-0.1, -0.05) is 49.6 Å². The van der Waals surface area contributed by atoms with Crippen LogP contribution in [0.5, 0.6) is 0 Å². The monoisotopic (exact) mass is 469 g/mol. The van der Waals surface area contributed by atoms with Crippen LogP contribution in [0.3, 0.4) is 0 Å². The summed E-state index contributed by atoms with van der Waals surface area (Å²) in [4.78, 5) is 31.3. The van der Waals surface area contributed by atoms with E-state index in [0.29, 0.717) is 11.8 Å². The third-order valence-electron chi connectivity index (χ3n) is 7.22. The Labute approximate surface area is 203 Å². The summed E-state index contributed by atoms with van der Waals surface area (Å²) in [6, 6.07) is 8.44. The maximum absolute atomic E-state index is 13.4. The minimum atomic E-state index is -0.0266. The zero-order valence-corrected chi connectivity index (χ0v) is 21.0. The number of piperidine rings is 1. The van der Waals surface area contributed by atoms with Gasteiger partial charge in [0.05, 0.1) is 4.91 Å². The van der Waals surface area contributed by atoms with Crippen molar-refractivity contribution in [1.29, 1.82) is 0 Å². The average molecular weight is 470 g/mol. The fraction of sp³-hybridized carbons (Fsp3) is 0.630. The normalized spacial score (nSPS) is 27.5. The zero-order valence-electron chi connectivity index (χ0n) is 20.2. The van der Waals surface area contributed by atoms with Crippen molar-refractivity contribution in [3.63, 3.8) is 0 Å². The van der Waals surface area contributed by atoms with Crippen molar-refractivity contribution in [2.75, 3.05) is 32.7 Å². The van der Waals surface area contributed by atoms with Gasteiger partial charge in [0.1, 0.15) is 6.54 Å². The third kappa shape index (κ3) is 6.63. The lowest BCUT2D eigenvalue weighted by molar-refractivity contribution is -0.135. The van der Waals surface area contributed by atoms with Crippen molar-refractivity contribution < 1.29 is 9.59 Å². The first-order valence-electron chi connectivity index (χ1n) is 12.7. The number of aryl methyl sites for hydroxylation is 1. The lowest BCUT2D eigenvalue weighted by Gasteiger charge is -2.43. The van der Waals surface area contributed by atoms with Crippen molar-refractivity contribution in [3.05, 3.63) is 40.3 Å². The third-order valence-corrected chi connectivity index (χ3v) is 8.62. The van der Waals surface area contributed by atoms with Gasteiger partial charge in [-0.2, -0.15) is 0 Å². The summed E-state index contributed by atoms with van der Waals surface area (Å²) >= 11 is 1.72. The summed E-state index contributed by atoms with van der Waals surface area (Å²) < 4.78 is 0. The van der Waals surface area contributed by atoms with Crippen LogP contribution in [0.1, 0.15) is 63.0 Å². The number of likely N-dealkylation sites (tertiary alicyclic amines) is 1. The second-order valence-electron chi connectivity index (χ2n) is 10.1. The molecule has 3 atom stereocenters. The Bertz CT molecular complexity index is 853.